The molecule has 1 atom stereocenters. The van der Waals surface area contributed by atoms with Crippen molar-refractivity contribution in [3.8, 4) is 11.5 Å². The highest BCUT2D eigenvalue weighted by Gasteiger charge is 2.25. The molecule has 0 amide bonds. The Morgan fingerprint density at radius 3 is 2.65 bits per heavy atom. The summed E-state index contributed by atoms with van der Waals surface area (Å²) in [7, 11) is 3.39. The molecule has 7 heteroatoms. The molecule has 168 valence electrons. The molecule has 1 N–H and O–H groups in total. The number of nitrogens with one attached hydrogen (secondary N) is 1. The Morgan fingerprint density at radius 2 is 1.87 bits per heavy atom. The number of aromatic nitrogens is 1. The predicted octanol–water partition coefficient (Wildman–Crippen LogP) is 3.22. The molecule has 2 aromatic rings. The highest BCUT2D eigenvalue weighted by atomic mass is 16.5. The summed E-state index contributed by atoms with van der Waals surface area (Å²) in [5, 5.41) is 0. The van der Waals surface area contributed by atoms with Crippen molar-refractivity contribution in [1.82, 2.24) is 4.98 Å². The summed E-state index contributed by atoms with van der Waals surface area (Å²) < 4.78 is 16.6. The van der Waals surface area contributed by atoms with Gasteiger partial charge in [0.15, 0.2) is 0 Å². The fraction of sp³-hybridized carbons (Fsp3) is 0.542. The number of methoxy groups -OCH3 is 2. The molecule has 2 saturated heterocycles. The van der Waals surface area contributed by atoms with Gasteiger partial charge in [-0.3, -0.25) is 4.79 Å². The molecule has 7 nitrogen and oxygen atoms in total. The minimum absolute atomic E-state index is 0.0547. The van der Waals surface area contributed by atoms with Crippen molar-refractivity contribution in [2.45, 2.75) is 38.1 Å². The average molecular weight is 428 g/mol. The lowest BCUT2D eigenvalue weighted by atomic mass is 9.99. The zero-order valence-corrected chi connectivity index (χ0v) is 18.6. The van der Waals surface area contributed by atoms with Gasteiger partial charge in [-0.15, -0.1) is 0 Å². The van der Waals surface area contributed by atoms with Crippen LogP contribution < -0.4 is 24.8 Å². The third kappa shape index (κ3) is 5.15. The summed E-state index contributed by atoms with van der Waals surface area (Å²) in [6.07, 6.45) is 5.42. The molecule has 0 aliphatic carbocycles. The van der Waals surface area contributed by atoms with Gasteiger partial charge in [-0.05, 0) is 43.0 Å². The second kappa shape index (κ2) is 10.1. The van der Waals surface area contributed by atoms with Crippen molar-refractivity contribution >= 4 is 11.5 Å². The van der Waals surface area contributed by atoms with Gasteiger partial charge in [-0.2, -0.15) is 0 Å². The number of H-pyrrole nitrogens is 1. The Balaban J connectivity index is 1.64. The minimum Gasteiger partial charge on any atom is -0.497 e. The maximum atomic E-state index is 12.6. The first-order valence-electron chi connectivity index (χ1n) is 11.2. The molecule has 0 spiro atoms. The van der Waals surface area contributed by atoms with Crippen LogP contribution in [0.25, 0.3) is 0 Å². The summed E-state index contributed by atoms with van der Waals surface area (Å²) in [4.78, 5) is 20.3. The van der Waals surface area contributed by atoms with Crippen molar-refractivity contribution in [2.75, 3.05) is 56.9 Å². The fourth-order valence-corrected chi connectivity index (χ4v) is 4.68. The van der Waals surface area contributed by atoms with E-state index in [9.17, 15) is 4.79 Å². The van der Waals surface area contributed by atoms with E-state index in [1.54, 1.807) is 20.3 Å². The molecule has 0 radical (unpaired) electrons. The number of benzene rings is 1. The number of ether oxygens (including phenoxy) is 3. The number of pyridine rings is 1. The van der Waals surface area contributed by atoms with E-state index in [0.717, 1.165) is 67.5 Å². The van der Waals surface area contributed by atoms with Crippen LogP contribution in [0, 0.1) is 0 Å². The van der Waals surface area contributed by atoms with Gasteiger partial charge in [0.05, 0.1) is 27.4 Å². The van der Waals surface area contributed by atoms with E-state index in [2.05, 4.69) is 26.9 Å². The molecule has 3 heterocycles. The van der Waals surface area contributed by atoms with Crippen LogP contribution in [0.2, 0.25) is 0 Å². The normalized spacial score (nSPS) is 19.7. The molecule has 0 saturated carbocycles. The predicted molar refractivity (Wildman–Crippen MR) is 123 cm³/mol. The Labute approximate surface area is 183 Å². The van der Waals surface area contributed by atoms with E-state index in [-0.39, 0.29) is 11.6 Å². The van der Waals surface area contributed by atoms with Crippen molar-refractivity contribution in [2.24, 2.45) is 0 Å². The maximum absolute atomic E-state index is 12.6. The number of rotatable bonds is 6. The second-order valence-electron chi connectivity index (χ2n) is 8.27. The highest BCUT2D eigenvalue weighted by molar-refractivity contribution is 5.56. The molecule has 0 unspecified atom stereocenters. The molecule has 2 aliphatic heterocycles. The summed E-state index contributed by atoms with van der Waals surface area (Å²) in [6, 6.07) is 10.1. The summed E-state index contributed by atoms with van der Waals surface area (Å²) in [5.41, 5.74) is 2.05. The van der Waals surface area contributed by atoms with Crippen LogP contribution in [0.15, 0.2) is 35.1 Å². The average Bonchev–Trinajstić information content (AvgIpc) is 3.04. The van der Waals surface area contributed by atoms with E-state index in [0.29, 0.717) is 13.2 Å². The largest absolute Gasteiger partial charge is 0.497 e. The number of morpholine rings is 1. The fourth-order valence-electron chi connectivity index (χ4n) is 4.68. The topological polar surface area (TPSA) is 67.0 Å². The maximum Gasteiger partial charge on any atom is 0.251 e. The standard InChI is InChI=1S/C24H33N3O4/c1-29-21-7-8-22(30-2)18(15-21)14-19-6-4-3-5-9-27(19)23-16-20(17-24(28)25-23)26-10-12-31-13-11-26/h7-8,15-17,19H,3-6,9-14H2,1-2H3,(H,25,28)/t19-/m1/s1. The number of anilines is 2. The van der Waals surface area contributed by atoms with Gasteiger partial charge in [0.2, 0.25) is 0 Å². The molecule has 4 rings (SSSR count). The molecule has 2 fully saturated rings. The van der Waals surface area contributed by atoms with Crippen LogP contribution >= 0.6 is 0 Å². The van der Waals surface area contributed by atoms with Gasteiger partial charge >= 0.3 is 0 Å². The van der Waals surface area contributed by atoms with E-state index < -0.39 is 0 Å². The monoisotopic (exact) mass is 427 g/mol. The molecule has 1 aromatic carbocycles. The van der Waals surface area contributed by atoms with E-state index >= 15 is 0 Å². The lowest BCUT2D eigenvalue weighted by molar-refractivity contribution is 0.122. The van der Waals surface area contributed by atoms with Gasteiger partial charge in [-0.1, -0.05) is 12.8 Å². The Morgan fingerprint density at radius 1 is 1.03 bits per heavy atom. The lowest BCUT2D eigenvalue weighted by Gasteiger charge is -2.34. The molecular weight excluding hydrogens is 394 g/mol. The third-order valence-electron chi connectivity index (χ3n) is 6.32. The van der Waals surface area contributed by atoms with Gasteiger partial charge in [0, 0.05) is 43.5 Å². The lowest BCUT2D eigenvalue weighted by Crippen LogP contribution is -2.39. The Kier molecular flexibility index (Phi) is 7.02. The smallest absolute Gasteiger partial charge is 0.251 e. The van der Waals surface area contributed by atoms with Crippen LogP contribution in [-0.4, -0.2) is 58.1 Å². The summed E-state index contributed by atoms with van der Waals surface area (Å²) in [5.74, 6) is 2.61. The van der Waals surface area contributed by atoms with E-state index in [4.69, 9.17) is 14.2 Å². The van der Waals surface area contributed by atoms with Gasteiger partial charge in [0.25, 0.3) is 5.56 Å². The molecular formula is C24H33N3O4. The van der Waals surface area contributed by atoms with Crippen LogP contribution in [0.5, 0.6) is 11.5 Å². The van der Waals surface area contributed by atoms with Gasteiger partial charge in [0.1, 0.15) is 17.3 Å². The van der Waals surface area contributed by atoms with Crippen molar-refractivity contribution in [3.05, 3.63) is 46.2 Å². The SMILES string of the molecule is COc1ccc(OC)c(C[C@H]2CCCCCN2c2cc(N3CCOCC3)cc(=O)[nH]2)c1. The van der Waals surface area contributed by atoms with Crippen LogP contribution in [0.1, 0.15) is 31.2 Å². The quantitative estimate of drug-likeness (QED) is 0.764. The zero-order chi connectivity index (χ0) is 21.6. The first-order chi connectivity index (χ1) is 15.2. The Bertz CT molecular complexity index is 923. The first-order valence-corrected chi connectivity index (χ1v) is 11.2. The van der Waals surface area contributed by atoms with E-state index in [1.165, 1.54) is 12.8 Å². The summed E-state index contributed by atoms with van der Waals surface area (Å²) >= 11 is 0. The minimum atomic E-state index is -0.0547. The molecule has 0 bridgehead atoms. The van der Waals surface area contributed by atoms with Crippen LogP contribution in [0.4, 0.5) is 11.5 Å². The molecule has 1 aromatic heterocycles. The van der Waals surface area contributed by atoms with Crippen molar-refractivity contribution < 1.29 is 14.2 Å². The van der Waals surface area contributed by atoms with Crippen molar-refractivity contribution in [3.63, 3.8) is 0 Å². The van der Waals surface area contributed by atoms with Crippen LogP contribution in [-0.2, 0) is 11.2 Å². The van der Waals surface area contributed by atoms with Gasteiger partial charge in [-0.25, -0.2) is 0 Å². The number of hydrogen-bond donors (Lipinski definition) is 1. The number of nitrogens with zero attached hydrogens (tertiary/aromatic N) is 2. The Hall–Kier alpha value is -2.67. The highest BCUT2D eigenvalue weighted by Crippen LogP contribution is 2.31. The third-order valence-corrected chi connectivity index (χ3v) is 6.32. The van der Waals surface area contributed by atoms with Crippen molar-refractivity contribution in [1.29, 1.82) is 0 Å². The molecule has 2 aliphatic rings. The zero-order valence-electron chi connectivity index (χ0n) is 18.6. The van der Waals surface area contributed by atoms with Gasteiger partial charge < -0.3 is 29.0 Å². The number of aromatic amines is 1. The first kappa shape index (κ1) is 21.6. The number of hydrogen-bond acceptors (Lipinski definition) is 6. The molecule has 31 heavy (non-hydrogen) atoms. The second-order valence-corrected chi connectivity index (χ2v) is 8.27. The summed E-state index contributed by atoms with van der Waals surface area (Å²) in [6.45, 7) is 3.95. The van der Waals surface area contributed by atoms with Crippen LogP contribution in [0.3, 0.4) is 0 Å². The van der Waals surface area contributed by atoms with E-state index in [1.807, 2.05) is 12.1 Å².